The van der Waals surface area contributed by atoms with Gasteiger partial charge in [-0.15, -0.1) is 0 Å². The highest BCUT2D eigenvalue weighted by Crippen LogP contribution is 2.23. The highest BCUT2D eigenvalue weighted by Gasteiger charge is 2.14. The lowest BCUT2D eigenvalue weighted by atomic mass is 10.2. The van der Waals surface area contributed by atoms with Crippen LogP contribution in [0.15, 0.2) is 22.7 Å². The van der Waals surface area contributed by atoms with Crippen LogP contribution in [-0.2, 0) is 0 Å². The van der Waals surface area contributed by atoms with E-state index in [4.69, 9.17) is 0 Å². The summed E-state index contributed by atoms with van der Waals surface area (Å²) in [6.45, 7) is 3.73. The zero-order chi connectivity index (χ0) is 13.3. The molecule has 0 aliphatic heterocycles. The molecule has 1 aromatic heterocycles. The van der Waals surface area contributed by atoms with Gasteiger partial charge in [-0.2, -0.15) is 5.10 Å². The van der Waals surface area contributed by atoms with Crippen LogP contribution in [0, 0.1) is 13.8 Å². The highest BCUT2D eigenvalue weighted by molar-refractivity contribution is 9.10. The molecule has 0 aliphatic rings. The third-order valence-corrected chi connectivity index (χ3v) is 3.18. The van der Waals surface area contributed by atoms with Gasteiger partial charge in [-0.3, -0.25) is 9.89 Å². The maximum atomic E-state index is 12.0. The van der Waals surface area contributed by atoms with Gasteiger partial charge >= 0.3 is 0 Å². The van der Waals surface area contributed by atoms with Gasteiger partial charge in [0.1, 0.15) is 5.75 Å². The van der Waals surface area contributed by atoms with Gasteiger partial charge in [0.05, 0.1) is 5.56 Å². The third kappa shape index (κ3) is 2.38. The van der Waals surface area contributed by atoms with Crippen LogP contribution in [0.25, 0.3) is 0 Å². The predicted molar refractivity (Wildman–Crippen MR) is 71.8 cm³/mol. The molecule has 2 aromatic rings. The normalized spacial score (nSPS) is 10.4. The summed E-state index contributed by atoms with van der Waals surface area (Å²) in [5, 5.41) is 19.1. The maximum absolute atomic E-state index is 12.0. The van der Waals surface area contributed by atoms with E-state index in [1.807, 2.05) is 13.8 Å². The Morgan fingerprint density at radius 1 is 1.44 bits per heavy atom. The maximum Gasteiger partial charge on any atom is 0.260 e. The van der Waals surface area contributed by atoms with Crippen molar-refractivity contribution < 1.29 is 9.90 Å². The van der Waals surface area contributed by atoms with Gasteiger partial charge < -0.3 is 10.4 Å². The number of halogens is 1. The summed E-state index contributed by atoms with van der Waals surface area (Å²) in [5.74, 6) is 0.00112. The number of amides is 1. The Morgan fingerprint density at radius 3 is 2.72 bits per heavy atom. The molecule has 0 atom stereocenters. The first kappa shape index (κ1) is 12.6. The number of aromatic amines is 1. The summed E-state index contributed by atoms with van der Waals surface area (Å²) in [5.41, 5.74) is 1.98. The largest absolute Gasteiger partial charge is 0.507 e. The molecule has 6 heteroatoms. The van der Waals surface area contributed by atoms with Crippen LogP contribution >= 0.6 is 15.9 Å². The van der Waals surface area contributed by atoms with E-state index in [2.05, 4.69) is 31.4 Å². The molecular weight excluding hydrogens is 298 g/mol. The van der Waals surface area contributed by atoms with Crippen LogP contribution in [0.2, 0.25) is 0 Å². The second-order valence-electron chi connectivity index (χ2n) is 3.94. The molecule has 3 N–H and O–H groups in total. The summed E-state index contributed by atoms with van der Waals surface area (Å²) in [6, 6.07) is 4.71. The predicted octanol–water partition coefficient (Wildman–Crippen LogP) is 2.75. The molecule has 0 unspecified atom stereocenters. The Bertz CT molecular complexity index is 607. The summed E-state index contributed by atoms with van der Waals surface area (Å²) in [6.07, 6.45) is 0. The standard InChI is InChI=1S/C12H12BrN3O2/c1-6-7(2)15-16-11(6)14-12(18)9-4-3-8(13)5-10(9)17/h3-5,17H,1-2H3,(H2,14,15,16,18). The second kappa shape index (κ2) is 4.81. The van der Waals surface area contributed by atoms with Crippen molar-refractivity contribution in [1.82, 2.24) is 10.2 Å². The molecule has 2 rings (SSSR count). The summed E-state index contributed by atoms with van der Waals surface area (Å²) in [7, 11) is 0. The Morgan fingerprint density at radius 2 is 2.17 bits per heavy atom. The molecule has 0 saturated carbocycles. The number of benzene rings is 1. The van der Waals surface area contributed by atoms with E-state index in [1.165, 1.54) is 6.07 Å². The van der Waals surface area contributed by atoms with Crippen LogP contribution in [0.4, 0.5) is 5.82 Å². The monoisotopic (exact) mass is 309 g/mol. The van der Waals surface area contributed by atoms with Crippen molar-refractivity contribution in [1.29, 1.82) is 0 Å². The number of hydrogen-bond acceptors (Lipinski definition) is 3. The minimum atomic E-state index is -0.394. The van der Waals surface area contributed by atoms with Crippen molar-refractivity contribution >= 4 is 27.7 Å². The van der Waals surface area contributed by atoms with E-state index in [0.717, 1.165) is 11.3 Å². The van der Waals surface area contributed by atoms with Gasteiger partial charge in [0, 0.05) is 15.7 Å². The van der Waals surface area contributed by atoms with E-state index in [9.17, 15) is 9.90 Å². The summed E-state index contributed by atoms with van der Waals surface area (Å²) >= 11 is 3.22. The smallest absolute Gasteiger partial charge is 0.260 e. The van der Waals surface area contributed by atoms with Crippen LogP contribution < -0.4 is 5.32 Å². The van der Waals surface area contributed by atoms with E-state index >= 15 is 0 Å². The molecule has 0 fully saturated rings. The number of aromatic nitrogens is 2. The minimum Gasteiger partial charge on any atom is -0.507 e. The van der Waals surface area contributed by atoms with Crippen LogP contribution in [0.1, 0.15) is 21.6 Å². The number of carbonyl (C=O) groups excluding carboxylic acids is 1. The molecule has 94 valence electrons. The number of rotatable bonds is 2. The fourth-order valence-corrected chi connectivity index (χ4v) is 1.83. The van der Waals surface area contributed by atoms with Gasteiger partial charge in [-0.05, 0) is 32.0 Å². The van der Waals surface area contributed by atoms with Crippen LogP contribution in [0.3, 0.4) is 0 Å². The molecule has 0 aliphatic carbocycles. The van der Waals surface area contributed by atoms with Crippen molar-refractivity contribution in [3.8, 4) is 5.75 Å². The highest BCUT2D eigenvalue weighted by atomic mass is 79.9. The van der Waals surface area contributed by atoms with Crippen LogP contribution in [-0.4, -0.2) is 21.2 Å². The van der Waals surface area contributed by atoms with E-state index in [1.54, 1.807) is 12.1 Å². The van der Waals surface area contributed by atoms with Gasteiger partial charge in [0.2, 0.25) is 0 Å². The summed E-state index contributed by atoms with van der Waals surface area (Å²) in [4.78, 5) is 12.0. The first-order chi connectivity index (χ1) is 8.49. The first-order valence-corrected chi connectivity index (χ1v) is 6.09. The number of aryl methyl sites for hydroxylation is 1. The zero-order valence-corrected chi connectivity index (χ0v) is 11.5. The van der Waals surface area contributed by atoms with Crippen molar-refractivity contribution in [3.05, 3.63) is 39.5 Å². The van der Waals surface area contributed by atoms with Crippen LogP contribution in [0.5, 0.6) is 5.75 Å². The molecule has 1 heterocycles. The Labute approximate surface area is 112 Å². The molecule has 1 aromatic carbocycles. The average molecular weight is 310 g/mol. The quantitative estimate of drug-likeness (QED) is 0.798. The number of nitrogens with zero attached hydrogens (tertiary/aromatic N) is 1. The van der Waals surface area contributed by atoms with E-state index in [0.29, 0.717) is 10.3 Å². The lowest BCUT2D eigenvalue weighted by molar-refractivity contribution is 0.102. The number of anilines is 1. The lowest BCUT2D eigenvalue weighted by Crippen LogP contribution is -2.13. The summed E-state index contributed by atoms with van der Waals surface area (Å²) < 4.78 is 0.711. The molecule has 5 nitrogen and oxygen atoms in total. The van der Waals surface area contributed by atoms with E-state index < -0.39 is 5.91 Å². The number of aromatic hydroxyl groups is 1. The topological polar surface area (TPSA) is 78.0 Å². The average Bonchev–Trinajstić information content (AvgIpc) is 2.61. The van der Waals surface area contributed by atoms with Gasteiger partial charge in [0.15, 0.2) is 5.82 Å². The van der Waals surface area contributed by atoms with Crippen molar-refractivity contribution in [3.63, 3.8) is 0 Å². The zero-order valence-electron chi connectivity index (χ0n) is 9.91. The van der Waals surface area contributed by atoms with Gasteiger partial charge in [-0.25, -0.2) is 0 Å². The molecular formula is C12H12BrN3O2. The third-order valence-electron chi connectivity index (χ3n) is 2.69. The molecule has 0 radical (unpaired) electrons. The Hall–Kier alpha value is -1.82. The number of H-pyrrole nitrogens is 1. The second-order valence-corrected chi connectivity index (χ2v) is 4.85. The Kier molecular flexibility index (Phi) is 3.38. The van der Waals surface area contributed by atoms with Crippen molar-refractivity contribution in [2.24, 2.45) is 0 Å². The number of carbonyl (C=O) groups is 1. The Balaban J connectivity index is 2.25. The minimum absolute atomic E-state index is 0.0771. The molecule has 0 spiro atoms. The fourth-order valence-electron chi connectivity index (χ4n) is 1.48. The van der Waals surface area contributed by atoms with Crippen molar-refractivity contribution in [2.45, 2.75) is 13.8 Å². The fraction of sp³-hybridized carbons (Fsp3) is 0.167. The van der Waals surface area contributed by atoms with Crippen molar-refractivity contribution in [2.75, 3.05) is 5.32 Å². The molecule has 18 heavy (non-hydrogen) atoms. The first-order valence-electron chi connectivity index (χ1n) is 5.30. The number of phenolic OH excluding ortho intramolecular Hbond substituents is 1. The number of phenols is 1. The van der Waals surface area contributed by atoms with E-state index in [-0.39, 0.29) is 11.3 Å². The van der Waals surface area contributed by atoms with Gasteiger partial charge in [0.25, 0.3) is 5.91 Å². The van der Waals surface area contributed by atoms with Gasteiger partial charge in [-0.1, -0.05) is 15.9 Å². The molecule has 1 amide bonds. The lowest BCUT2D eigenvalue weighted by Gasteiger charge is -2.05. The number of nitrogens with one attached hydrogen (secondary N) is 2. The SMILES string of the molecule is Cc1[nH]nc(NC(=O)c2ccc(Br)cc2O)c1C. The number of hydrogen-bond donors (Lipinski definition) is 3. The molecule has 0 saturated heterocycles. The molecule has 0 bridgehead atoms.